The third kappa shape index (κ3) is 3.83. The molecule has 1 atom stereocenters. The maximum Gasteiger partial charge on any atom is 0.220 e. The van der Waals surface area contributed by atoms with E-state index in [2.05, 4.69) is 5.32 Å². The van der Waals surface area contributed by atoms with Gasteiger partial charge in [-0.1, -0.05) is 30.3 Å². The van der Waals surface area contributed by atoms with Gasteiger partial charge < -0.3 is 14.8 Å². The van der Waals surface area contributed by atoms with Gasteiger partial charge in [0.1, 0.15) is 11.5 Å². The van der Waals surface area contributed by atoms with Crippen LogP contribution in [0.2, 0.25) is 0 Å². The number of carbonyl (C=O) groups is 1. The third-order valence-corrected chi connectivity index (χ3v) is 4.07. The van der Waals surface area contributed by atoms with Crippen LogP contribution in [-0.4, -0.2) is 19.6 Å². The lowest BCUT2D eigenvalue weighted by atomic mass is 10.00. The average Bonchev–Trinajstić information content (AvgIpc) is 2.60. The first kappa shape index (κ1) is 15.4. The molecule has 1 amide bonds. The molecule has 1 heterocycles. The lowest BCUT2D eigenvalue weighted by Crippen LogP contribution is -2.32. The van der Waals surface area contributed by atoms with Crippen molar-refractivity contribution in [3.8, 4) is 11.5 Å². The predicted octanol–water partition coefficient (Wildman–Crippen LogP) is 3.27. The van der Waals surface area contributed by atoms with Crippen LogP contribution in [0.25, 0.3) is 0 Å². The molecule has 3 rings (SSSR count). The molecule has 2 aromatic rings. The summed E-state index contributed by atoms with van der Waals surface area (Å²) in [5.74, 6) is 1.76. The van der Waals surface area contributed by atoms with E-state index >= 15 is 0 Å². The van der Waals surface area contributed by atoms with Gasteiger partial charge in [0.05, 0.1) is 19.8 Å². The van der Waals surface area contributed by atoms with Crippen LogP contribution < -0.4 is 14.8 Å². The zero-order valence-corrected chi connectivity index (χ0v) is 13.2. The highest BCUT2D eigenvalue weighted by atomic mass is 16.5. The largest absolute Gasteiger partial charge is 0.497 e. The van der Waals surface area contributed by atoms with Crippen molar-refractivity contribution in [1.82, 2.24) is 5.32 Å². The molecule has 4 heteroatoms. The van der Waals surface area contributed by atoms with E-state index in [1.54, 1.807) is 7.11 Å². The van der Waals surface area contributed by atoms with Gasteiger partial charge in [-0.25, -0.2) is 0 Å². The van der Waals surface area contributed by atoms with Crippen molar-refractivity contribution in [2.75, 3.05) is 13.7 Å². The van der Waals surface area contributed by atoms with E-state index in [4.69, 9.17) is 9.47 Å². The number of aryl methyl sites for hydroxylation is 1. The molecule has 0 radical (unpaired) electrons. The Bertz CT molecular complexity index is 684. The van der Waals surface area contributed by atoms with Crippen molar-refractivity contribution in [3.05, 3.63) is 59.7 Å². The fourth-order valence-corrected chi connectivity index (χ4v) is 2.84. The zero-order valence-electron chi connectivity index (χ0n) is 13.2. The maximum absolute atomic E-state index is 12.3. The number of rotatable bonds is 5. The second-order valence-electron chi connectivity index (χ2n) is 5.65. The summed E-state index contributed by atoms with van der Waals surface area (Å²) < 4.78 is 10.8. The molecule has 1 unspecified atom stereocenters. The highest BCUT2D eigenvalue weighted by molar-refractivity contribution is 5.77. The number of hydrogen-bond donors (Lipinski definition) is 1. The number of para-hydroxylation sites is 1. The van der Waals surface area contributed by atoms with E-state index in [-0.39, 0.29) is 11.9 Å². The first-order chi connectivity index (χ1) is 11.3. The minimum Gasteiger partial charge on any atom is -0.497 e. The number of nitrogens with one attached hydrogen (secondary N) is 1. The van der Waals surface area contributed by atoms with E-state index in [0.29, 0.717) is 19.4 Å². The van der Waals surface area contributed by atoms with Crippen LogP contribution in [-0.2, 0) is 11.2 Å². The van der Waals surface area contributed by atoms with E-state index < -0.39 is 0 Å². The number of fused-ring (bicyclic) bond motifs is 1. The highest BCUT2D eigenvalue weighted by Crippen LogP contribution is 2.31. The Balaban J connectivity index is 1.58. The number of benzene rings is 2. The molecule has 0 bridgehead atoms. The fraction of sp³-hybridized carbons (Fsp3) is 0.316. The monoisotopic (exact) mass is 311 g/mol. The molecule has 23 heavy (non-hydrogen) atoms. The molecule has 0 fully saturated rings. The first-order valence-corrected chi connectivity index (χ1v) is 7.90. The smallest absolute Gasteiger partial charge is 0.220 e. The Morgan fingerprint density at radius 3 is 3.00 bits per heavy atom. The van der Waals surface area contributed by atoms with Crippen LogP contribution in [0.5, 0.6) is 11.5 Å². The Kier molecular flexibility index (Phi) is 4.81. The SMILES string of the molecule is COc1cccc(CCC(=O)NC2CCOc3ccccc32)c1. The second-order valence-corrected chi connectivity index (χ2v) is 5.65. The lowest BCUT2D eigenvalue weighted by molar-refractivity contribution is -0.122. The quantitative estimate of drug-likeness (QED) is 0.922. The van der Waals surface area contributed by atoms with Crippen LogP contribution in [0, 0.1) is 0 Å². The van der Waals surface area contributed by atoms with Gasteiger partial charge in [-0.05, 0) is 30.2 Å². The normalized spacial score (nSPS) is 16.1. The molecule has 0 aromatic heterocycles. The molecule has 1 aliphatic rings. The standard InChI is InChI=1S/C19H21NO3/c1-22-15-6-4-5-14(13-15)9-10-19(21)20-17-11-12-23-18-8-3-2-7-16(17)18/h2-8,13,17H,9-12H2,1H3,(H,20,21). The second kappa shape index (κ2) is 7.18. The summed E-state index contributed by atoms with van der Waals surface area (Å²) in [6.45, 7) is 0.637. The Morgan fingerprint density at radius 2 is 2.13 bits per heavy atom. The molecule has 120 valence electrons. The van der Waals surface area contributed by atoms with Crippen LogP contribution in [0.3, 0.4) is 0 Å². The van der Waals surface area contributed by atoms with Gasteiger partial charge in [0.15, 0.2) is 0 Å². The minimum atomic E-state index is 0.0396. The summed E-state index contributed by atoms with van der Waals surface area (Å²) in [6, 6.07) is 15.8. The molecule has 0 saturated carbocycles. The Morgan fingerprint density at radius 1 is 1.26 bits per heavy atom. The van der Waals surface area contributed by atoms with Crippen molar-refractivity contribution < 1.29 is 14.3 Å². The maximum atomic E-state index is 12.3. The minimum absolute atomic E-state index is 0.0396. The molecular weight excluding hydrogens is 290 g/mol. The Hall–Kier alpha value is -2.49. The van der Waals surface area contributed by atoms with Gasteiger partial charge in [-0.3, -0.25) is 4.79 Å². The fourth-order valence-electron chi connectivity index (χ4n) is 2.84. The van der Waals surface area contributed by atoms with Gasteiger partial charge >= 0.3 is 0 Å². The van der Waals surface area contributed by atoms with Crippen LogP contribution in [0.1, 0.15) is 30.0 Å². The summed E-state index contributed by atoms with van der Waals surface area (Å²) in [5, 5.41) is 3.12. The summed E-state index contributed by atoms with van der Waals surface area (Å²) >= 11 is 0. The lowest BCUT2D eigenvalue weighted by Gasteiger charge is -2.26. The number of methoxy groups -OCH3 is 1. The summed E-state index contributed by atoms with van der Waals surface area (Å²) in [5.41, 5.74) is 2.17. The topological polar surface area (TPSA) is 47.6 Å². The average molecular weight is 311 g/mol. The molecule has 1 N–H and O–H groups in total. The van der Waals surface area contributed by atoms with Crippen molar-refractivity contribution >= 4 is 5.91 Å². The number of hydrogen-bond acceptors (Lipinski definition) is 3. The van der Waals surface area contributed by atoms with Crippen molar-refractivity contribution in [1.29, 1.82) is 0 Å². The number of ether oxygens (including phenoxy) is 2. The predicted molar refractivity (Wildman–Crippen MR) is 88.8 cm³/mol. The summed E-state index contributed by atoms with van der Waals surface area (Å²) in [6.07, 6.45) is 1.97. The highest BCUT2D eigenvalue weighted by Gasteiger charge is 2.22. The van der Waals surface area contributed by atoms with Crippen molar-refractivity contribution in [2.24, 2.45) is 0 Å². The van der Waals surface area contributed by atoms with Crippen LogP contribution in [0.15, 0.2) is 48.5 Å². The zero-order chi connectivity index (χ0) is 16.1. The van der Waals surface area contributed by atoms with Crippen molar-refractivity contribution in [2.45, 2.75) is 25.3 Å². The molecule has 4 nitrogen and oxygen atoms in total. The van der Waals surface area contributed by atoms with E-state index in [0.717, 1.165) is 29.0 Å². The van der Waals surface area contributed by atoms with Crippen LogP contribution in [0.4, 0.5) is 0 Å². The van der Waals surface area contributed by atoms with Gasteiger partial charge in [0.25, 0.3) is 0 Å². The summed E-state index contributed by atoms with van der Waals surface area (Å²) in [7, 11) is 1.65. The number of amides is 1. The first-order valence-electron chi connectivity index (χ1n) is 7.90. The Labute approximate surface area is 136 Å². The van der Waals surface area contributed by atoms with Crippen LogP contribution >= 0.6 is 0 Å². The van der Waals surface area contributed by atoms with E-state index in [1.807, 2.05) is 48.5 Å². The van der Waals surface area contributed by atoms with E-state index in [9.17, 15) is 4.79 Å². The molecule has 0 aliphatic carbocycles. The molecule has 2 aromatic carbocycles. The van der Waals surface area contributed by atoms with Crippen molar-refractivity contribution in [3.63, 3.8) is 0 Å². The van der Waals surface area contributed by atoms with Gasteiger partial charge in [-0.15, -0.1) is 0 Å². The molecule has 1 aliphatic heterocycles. The molecule has 0 spiro atoms. The van der Waals surface area contributed by atoms with Gasteiger partial charge in [0.2, 0.25) is 5.91 Å². The molecule has 0 saturated heterocycles. The third-order valence-electron chi connectivity index (χ3n) is 4.07. The summed E-state index contributed by atoms with van der Waals surface area (Å²) in [4.78, 5) is 12.3. The number of carbonyl (C=O) groups excluding carboxylic acids is 1. The van der Waals surface area contributed by atoms with Gasteiger partial charge in [-0.2, -0.15) is 0 Å². The molecular formula is C19H21NO3. The van der Waals surface area contributed by atoms with Gasteiger partial charge in [0, 0.05) is 18.4 Å². The van der Waals surface area contributed by atoms with E-state index in [1.165, 1.54) is 0 Å².